The van der Waals surface area contributed by atoms with Gasteiger partial charge in [0.15, 0.2) is 0 Å². The molecule has 1 aromatic rings. The molecule has 82 valence electrons. The lowest BCUT2D eigenvalue weighted by Crippen LogP contribution is -2.22. The molecule has 0 saturated heterocycles. The summed E-state index contributed by atoms with van der Waals surface area (Å²) in [5, 5.41) is 8.61. The van der Waals surface area contributed by atoms with Crippen molar-refractivity contribution in [1.82, 2.24) is 14.9 Å². The maximum absolute atomic E-state index is 11.2. The van der Waals surface area contributed by atoms with E-state index in [0.29, 0.717) is 12.2 Å². The third-order valence-electron chi connectivity index (χ3n) is 1.88. The van der Waals surface area contributed by atoms with Gasteiger partial charge in [0.2, 0.25) is 0 Å². The Morgan fingerprint density at radius 2 is 2.27 bits per heavy atom. The van der Waals surface area contributed by atoms with Gasteiger partial charge in [-0.15, -0.1) is 0 Å². The minimum atomic E-state index is -1.26. The molecule has 6 heteroatoms. The van der Waals surface area contributed by atoms with Crippen molar-refractivity contribution in [2.24, 2.45) is 0 Å². The van der Waals surface area contributed by atoms with Crippen LogP contribution >= 0.6 is 0 Å². The highest BCUT2D eigenvalue weighted by Gasteiger charge is 2.09. The number of likely N-dealkylation sites (N-methyl/N-ethyl adjacent to an activating group) is 1. The van der Waals surface area contributed by atoms with Crippen LogP contribution < -0.4 is 5.56 Å². The highest BCUT2D eigenvalue weighted by atomic mass is 16.4. The number of aromatic nitrogens is 2. The Labute approximate surface area is 86.6 Å². The fraction of sp³-hybridized carbons (Fsp3) is 0.444. The van der Waals surface area contributed by atoms with Gasteiger partial charge in [0.05, 0.1) is 0 Å². The molecule has 0 aromatic carbocycles. The molecule has 0 bridgehead atoms. The van der Waals surface area contributed by atoms with Crippen LogP contribution in [-0.2, 0) is 6.42 Å². The van der Waals surface area contributed by atoms with E-state index < -0.39 is 11.5 Å². The van der Waals surface area contributed by atoms with E-state index in [-0.39, 0.29) is 5.56 Å². The van der Waals surface area contributed by atoms with Crippen LogP contribution in [0.5, 0.6) is 0 Å². The second-order valence-corrected chi connectivity index (χ2v) is 3.43. The average Bonchev–Trinajstić information content (AvgIpc) is 2.14. The molecular formula is C9H13N3O3. The van der Waals surface area contributed by atoms with Gasteiger partial charge in [-0.05, 0) is 14.1 Å². The quantitative estimate of drug-likeness (QED) is 0.706. The number of hydrogen-bond acceptors (Lipinski definition) is 4. The summed E-state index contributed by atoms with van der Waals surface area (Å²) in [4.78, 5) is 30.0. The third-order valence-corrected chi connectivity index (χ3v) is 1.88. The molecule has 0 aliphatic heterocycles. The van der Waals surface area contributed by atoms with Gasteiger partial charge in [-0.25, -0.2) is 9.78 Å². The predicted octanol–water partition coefficient (Wildman–Crippen LogP) is -0.428. The Morgan fingerprint density at radius 1 is 1.60 bits per heavy atom. The van der Waals surface area contributed by atoms with Crippen molar-refractivity contribution in [3.8, 4) is 0 Å². The molecule has 0 spiro atoms. The molecule has 6 nitrogen and oxygen atoms in total. The lowest BCUT2D eigenvalue weighted by molar-refractivity contribution is 0.0694. The van der Waals surface area contributed by atoms with Crippen LogP contribution in [0.25, 0.3) is 0 Å². The normalized spacial score (nSPS) is 10.6. The number of carboxylic acids is 1. The number of nitrogens with one attached hydrogen (secondary N) is 1. The fourth-order valence-corrected chi connectivity index (χ4v) is 1.04. The number of H-pyrrole nitrogens is 1. The smallest absolute Gasteiger partial charge is 0.342 e. The van der Waals surface area contributed by atoms with Gasteiger partial charge in [0.25, 0.3) is 5.56 Å². The van der Waals surface area contributed by atoms with E-state index in [9.17, 15) is 9.59 Å². The van der Waals surface area contributed by atoms with E-state index in [4.69, 9.17) is 5.11 Å². The number of carbonyl (C=O) groups is 1. The first-order chi connectivity index (χ1) is 7.00. The van der Waals surface area contributed by atoms with Gasteiger partial charge in [0.1, 0.15) is 11.4 Å². The zero-order chi connectivity index (χ0) is 11.4. The number of nitrogens with zero attached hydrogens (tertiary/aromatic N) is 2. The van der Waals surface area contributed by atoms with Gasteiger partial charge in [0, 0.05) is 19.2 Å². The fourth-order valence-electron chi connectivity index (χ4n) is 1.04. The molecule has 1 aromatic heterocycles. The van der Waals surface area contributed by atoms with E-state index >= 15 is 0 Å². The van der Waals surface area contributed by atoms with Crippen LogP contribution in [0, 0.1) is 0 Å². The largest absolute Gasteiger partial charge is 0.477 e. The van der Waals surface area contributed by atoms with E-state index in [0.717, 1.165) is 12.7 Å². The number of hydrogen-bond donors (Lipinski definition) is 2. The Bertz CT molecular complexity index is 411. The van der Waals surface area contributed by atoms with Gasteiger partial charge in [-0.2, -0.15) is 0 Å². The summed E-state index contributed by atoms with van der Waals surface area (Å²) in [6, 6.07) is 0. The van der Waals surface area contributed by atoms with Crippen LogP contribution in [0.4, 0.5) is 0 Å². The van der Waals surface area contributed by atoms with Crippen molar-refractivity contribution in [3.05, 3.63) is 27.9 Å². The Hall–Kier alpha value is -1.69. The molecule has 0 unspecified atom stereocenters. The lowest BCUT2D eigenvalue weighted by Gasteiger charge is -2.08. The van der Waals surface area contributed by atoms with Crippen molar-refractivity contribution in [3.63, 3.8) is 0 Å². The molecule has 0 aliphatic carbocycles. The van der Waals surface area contributed by atoms with Crippen molar-refractivity contribution in [1.29, 1.82) is 0 Å². The maximum Gasteiger partial charge on any atom is 0.342 e. The van der Waals surface area contributed by atoms with E-state index in [2.05, 4.69) is 9.97 Å². The first-order valence-electron chi connectivity index (χ1n) is 4.47. The van der Waals surface area contributed by atoms with Crippen molar-refractivity contribution < 1.29 is 9.90 Å². The van der Waals surface area contributed by atoms with Crippen molar-refractivity contribution in [2.75, 3.05) is 20.6 Å². The van der Waals surface area contributed by atoms with Gasteiger partial charge in [-0.1, -0.05) is 0 Å². The summed E-state index contributed by atoms with van der Waals surface area (Å²) in [7, 11) is 3.81. The monoisotopic (exact) mass is 211 g/mol. The number of aromatic carboxylic acids is 1. The van der Waals surface area contributed by atoms with E-state index in [1.54, 1.807) is 0 Å². The summed E-state index contributed by atoms with van der Waals surface area (Å²) in [5.74, 6) is -0.762. The molecule has 0 atom stereocenters. The van der Waals surface area contributed by atoms with Crippen LogP contribution in [0.1, 0.15) is 16.2 Å². The predicted molar refractivity (Wildman–Crippen MR) is 54.1 cm³/mol. The second kappa shape index (κ2) is 4.70. The molecule has 1 rings (SSSR count). The Kier molecular flexibility index (Phi) is 3.56. The summed E-state index contributed by atoms with van der Waals surface area (Å²) >= 11 is 0. The maximum atomic E-state index is 11.2. The van der Waals surface area contributed by atoms with Crippen LogP contribution in [-0.4, -0.2) is 46.6 Å². The first-order valence-corrected chi connectivity index (χ1v) is 4.47. The summed E-state index contributed by atoms with van der Waals surface area (Å²) in [6.45, 7) is 0.745. The topological polar surface area (TPSA) is 86.3 Å². The van der Waals surface area contributed by atoms with E-state index in [1.807, 2.05) is 19.0 Å². The summed E-state index contributed by atoms with van der Waals surface area (Å²) in [5.41, 5.74) is -0.935. The molecule has 0 saturated carbocycles. The minimum absolute atomic E-state index is 0.330. The zero-order valence-electron chi connectivity index (χ0n) is 8.65. The molecule has 0 fully saturated rings. The first kappa shape index (κ1) is 11.4. The van der Waals surface area contributed by atoms with Crippen molar-refractivity contribution >= 4 is 5.97 Å². The highest BCUT2D eigenvalue weighted by Crippen LogP contribution is 1.92. The molecule has 0 radical (unpaired) electrons. The molecule has 1 heterocycles. The average molecular weight is 211 g/mol. The number of carboxylic acid groups (broad SMARTS) is 1. The highest BCUT2D eigenvalue weighted by molar-refractivity contribution is 5.86. The second-order valence-electron chi connectivity index (χ2n) is 3.43. The molecular weight excluding hydrogens is 198 g/mol. The number of rotatable bonds is 4. The molecule has 0 amide bonds. The molecule has 0 aliphatic rings. The van der Waals surface area contributed by atoms with Crippen LogP contribution in [0.15, 0.2) is 11.0 Å². The lowest BCUT2D eigenvalue weighted by atomic mass is 10.3. The molecule has 15 heavy (non-hydrogen) atoms. The van der Waals surface area contributed by atoms with Crippen LogP contribution in [0.2, 0.25) is 0 Å². The van der Waals surface area contributed by atoms with Gasteiger partial charge >= 0.3 is 5.97 Å². The summed E-state index contributed by atoms with van der Waals surface area (Å²) in [6.07, 6.45) is 1.67. The van der Waals surface area contributed by atoms with E-state index in [1.165, 1.54) is 0 Å². The molecule has 2 N–H and O–H groups in total. The number of aromatic amines is 1. The standard InChI is InChI=1S/C9H13N3O3/c1-12(2)4-3-7-10-5-6(9(14)15)8(13)11-7/h5H,3-4H2,1-2H3,(H,14,15)(H,10,11,13). The van der Waals surface area contributed by atoms with Crippen LogP contribution in [0.3, 0.4) is 0 Å². The summed E-state index contributed by atoms with van der Waals surface area (Å²) < 4.78 is 0. The Morgan fingerprint density at radius 3 is 2.73 bits per heavy atom. The van der Waals surface area contributed by atoms with Gasteiger partial charge < -0.3 is 15.0 Å². The zero-order valence-corrected chi connectivity index (χ0v) is 8.65. The Balaban J connectivity index is 2.83. The minimum Gasteiger partial charge on any atom is -0.477 e. The SMILES string of the molecule is CN(C)CCc1ncc(C(=O)O)c(=O)[nH]1. The van der Waals surface area contributed by atoms with Gasteiger partial charge in [-0.3, -0.25) is 4.79 Å². The third kappa shape index (κ3) is 3.17. The van der Waals surface area contributed by atoms with Crippen molar-refractivity contribution in [2.45, 2.75) is 6.42 Å².